The number of hydrogen-bond donors (Lipinski definition) is 3. The number of nitrogens with one attached hydrogen (secondary N) is 2. The van der Waals surface area contributed by atoms with Crippen LogP contribution in [0, 0.1) is 0 Å². The Bertz CT molecular complexity index is 634. The standard InChI is InChI=1S/C18H29BrN4O5/c1-18(2,3)28-17(27)20-14(11-22-8-4-6-12(19)10-22)15(24)23-9-5-7-13(21-23)16(25)26/h6,13-14,21H,4-5,7-11H2,1-3H3,(H,20,27)(H,25,26)/t13-,14-/m0/s1. The maximum absolute atomic E-state index is 13.1. The number of carboxylic acid groups (broad SMARTS) is 1. The molecule has 0 radical (unpaired) electrons. The SMILES string of the molecule is CC(C)(C)OC(=O)N[C@@H](CN1CCC=C(Br)C1)C(=O)N1CCC[C@@H](C(=O)O)N1. The van der Waals surface area contributed by atoms with Crippen LogP contribution >= 0.6 is 15.9 Å². The average molecular weight is 461 g/mol. The van der Waals surface area contributed by atoms with Crippen molar-refractivity contribution in [2.24, 2.45) is 0 Å². The molecule has 2 rings (SSSR count). The van der Waals surface area contributed by atoms with Gasteiger partial charge in [0.2, 0.25) is 0 Å². The lowest BCUT2D eigenvalue weighted by Gasteiger charge is -2.36. The van der Waals surface area contributed by atoms with Crippen molar-refractivity contribution in [1.82, 2.24) is 20.7 Å². The highest BCUT2D eigenvalue weighted by molar-refractivity contribution is 9.11. The molecule has 0 aliphatic carbocycles. The summed E-state index contributed by atoms with van der Waals surface area (Å²) in [5.74, 6) is -1.37. The number of carbonyl (C=O) groups excluding carboxylic acids is 2. The Labute approximate surface area is 173 Å². The summed E-state index contributed by atoms with van der Waals surface area (Å²) in [5.41, 5.74) is 2.07. The lowest BCUT2D eigenvalue weighted by Crippen LogP contribution is -2.62. The van der Waals surface area contributed by atoms with Gasteiger partial charge in [-0.3, -0.25) is 19.5 Å². The Morgan fingerprint density at radius 1 is 1.39 bits per heavy atom. The molecule has 158 valence electrons. The highest BCUT2D eigenvalue weighted by Gasteiger charge is 2.34. The zero-order valence-corrected chi connectivity index (χ0v) is 18.1. The van der Waals surface area contributed by atoms with E-state index in [-0.39, 0.29) is 5.91 Å². The van der Waals surface area contributed by atoms with Crippen LogP contribution in [-0.2, 0) is 14.3 Å². The van der Waals surface area contributed by atoms with Crippen molar-refractivity contribution < 1.29 is 24.2 Å². The molecule has 0 aromatic rings. The van der Waals surface area contributed by atoms with Crippen LogP contribution in [0.5, 0.6) is 0 Å². The van der Waals surface area contributed by atoms with Crippen LogP contribution in [0.25, 0.3) is 0 Å². The molecule has 2 aliphatic heterocycles. The average Bonchev–Trinajstić information content (AvgIpc) is 2.59. The monoisotopic (exact) mass is 460 g/mol. The first-order chi connectivity index (χ1) is 13.0. The second-order valence-corrected chi connectivity index (χ2v) is 9.04. The number of nitrogens with zero attached hydrogens (tertiary/aromatic N) is 2. The molecule has 10 heteroatoms. The van der Waals surface area contributed by atoms with E-state index >= 15 is 0 Å². The summed E-state index contributed by atoms with van der Waals surface area (Å²) in [7, 11) is 0. The highest BCUT2D eigenvalue weighted by Crippen LogP contribution is 2.16. The first-order valence-corrected chi connectivity index (χ1v) is 10.2. The number of hydrazine groups is 1. The van der Waals surface area contributed by atoms with E-state index in [1.54, 1.807) is 20.8 Å². The normalized spacial score (nSPS) is 22.2. The van der Waals surface area contributed by atoms with Gasteiger partial charge in [0.15, 0.2) is 0 Å². The summed E-state index contributed by atoms with van der Waals surface area (Å²) in [5, 5.41) is 13.2. The van der Waals surface area contributed by atoms with Gasteiger partial charge in [-0.05, 0) is 40.0 Å². The molecule has 2 aliphatic rings. The molecular formula is C18H29BrN4O5. The third-order valence-electron chi connectivity index (χ3n) is 4.37. The maximum Gasteiger partial charge on any atom is 0.408 e. The molecule has 2 heterocycles. The summed E-state index contributed by atoms with van der Waals surface area (Å²) in [6.07, 6.45) is 3.28. The highest BCUT2D eigenvalue weighted by atomic mass is 79.9. The molecule has 0 spiro atoms. The third-order valence-corrected chi connectivity index (χ3v) is 4.94. The number of aliphatic carboxylic acids is 1. The van der Waals surface area contributed by atoms with Gasteiger partial charge < -0.3 is 15.2 Å². The van der Waals surface area contributed by atoms with Gasteiger partial charge in [-0.2, -0.15) is 0 Å². The van der Waals surface area contributed by atoms with Crippen molar-refractivity contribution in [2.75, 3.05) is 26.2 Å². The molecule has 28 heavy (non-hydrogen) atoms. The largest absolute Gasteiger partial charge is 0.480 e. The zero-order valence-electron chi connectivity index (χ0n) is 16.5. The van der Waals surface area contributed by atoms with Crippen molar-refractivity contribution in [3.8, 4) is 0 Å². The topological polar surface area (TPSA) is 111 Å². The van der Waals surface area contributed by atoms with E-state index in [0.29, 0.717) is 32.5 Å². The predicted octanol–water partition coefficient (Wildman–Crippen LogP) is 1.44. The minimum atomic E-state index is -1.00. The summed E-state index contributed by atoms with van der Waals surface area (Å²) in [4.78, 5) is 38.7. The molecule has 9 nitrogen and oxygen atoms in total. The van der Waals surface area contributed by atoms with Crippen molar-refractivity contribution in [1.29, 1.82) is 0 Å². The summed E-state index contributed by atoms with van der Waals surface area (Å²) >= 11 is 3.48. The van der Waals surface area contributed by atoms with Crippen LogP contribution in [0.15, 0.2) is 10.6 Å². The van der Waals surface area contributed by atoms with E-state index < -0.39 is 29.7 Å². The fraction of sp³-hybridized carbons (Fsp3) is 0.722. The fourth-order valence-corrected chi connectivity index (χ4v) is 3.71. The first-order valence-electron chi connectivity index (χ1n) is 9.42. The van der Waals surface area contributed by atoms with Crippen LogP contribution in [0.4, 0.5) is 4.79 Å². The van der Waals surface area contributed by atoms with E-state index in [1.165, 1.54) is 5.01 Å². The first kappa shape index (κ1) is 22.6. The molecule has 0 aromatic carbocycles. The van der Waals surface area contributed by atoms with Gasteiger partial charge in [0.25, 0.3) is 5.91 Å². The summed E-state index contributed by atoms with van der Waals surface area (Å²) < 4.78 is 6.33. The van der Waals surface area contributed by atoms with E-state index in [9.17, 15) is 19.5 Å². The number of hydrogen-bond acceptors (Lipinski definition) is 6. The molecule has 1 saturated heterocycles. The van der Waals surface area contributed by atoms with Crippen LogP contribution in [0.3, 0.4) is 0 Å². The number of ether oxygens (including phenoxy) is 1. The lowest BCUT2D eigenvalue weighted by molar-refractivity contribution is -0.148. The smallest absolute Gasteiger partial charge is 0.408 e. The van der Waals surface area contributed by atoms with E-state index in [2.05, 4.69) is 37.6 Å². The second kappa shape index (κ2) is 9.71. The van der Waals surface area contributed by atoms with Crippen LogP contribution in [-0.4, -0.2) is 76.8 Å². The van der Waals surface area contributed by atoms with Gasteiger partial charge >= 0.3 is 12.1 Å². The number of carboxylic acids is 1. The second-order valence-electron chi connectivity index (χ2n) is 8.03. The van der Waals surface area contributed by atoms with Crippen LogP contribution in [0.1, 0.15) is 40.0 Å². The Hall–Kier alpha value is -1.65. The van der Waals surface area contributed by atoms with Gasteiger partial charge in [-0.15, -0.1) is 0 Å². The van der Waals surface area contributed by atoms with Gasteiger partial charge in [0.05, 0.1) is 0 Å². The molecule has 0 bridgehead atoms. The minimum Gasteiger partial charge on any atom is -0.480 e. The van der Waals surface area contributed by atoms with Gasteiger partial charge in [-0.25, -0.2) is 10.2 Å². The molecule has 3 N–H and O–H groups in total. The molecule has 0 aromatic heterocycles. The Morgan fingerprint density at radius 3 is 2.71 bits per heavy atom. The van der Waals surface area contributed by atoms with Crippen LogP contribution in [0.2, 0.25) is 0 Å². The van der Waals surface area contributed by atoms with Crippen molar-refractivity contribution in [3.05, 3.63) is 10.6 Å². The minimum absolute atomic E-state index is 0.303. The van der Waals surface area contributed by atoms with Crippen molar-refractivity contribution >= 4 is 33.9 Å². The zero-order chi connectivity index (χ0) is 20.9. The van der Waals surface area contributed by atoms with Crippen LogP contribution < -0.4 is 10.7 Å². The molecule has 2 atom stereocenters. The number of amides is 2. The Morgan fingerprint density at radius 2 is 2.11 bits per heavy atom. The molecule has 0 unspecified atom stereocenters. The third kappa shape index (κ3) is 7.06. The maximum atomic E-state index is 13.1. The van der Waals surface area contributed by atoms with E-state index in [0.717, 1.165) is 17.4 Å². The van der Waals surface area contributed by atoms with E-state index in [1.807, 2.05) is 0 Å². The van der Waals surface area contributed by atoms with Gasteiger partial charge in [0, 0.05) is 30.7 Å². The fourth-order valence-electron chi connectivity index (χ4n) is 3.12. The summed E-state index contributed by atoms with van der Waals surface area (Å²) in [6.45, 7) is 7.35. The van der Waals surface area contributed by atoms with Crippen molar-refractivity contribution in [3.63, 3.8) is 0 Å². The van der Waals surface area contributed by atoms with Gasteiger partial charge in [0.1, 0.15) is 17.7 Å². The number of alkyl carbamates (subject to hydrolysis) is 1. The van der Waals surface area contributed by atoms with Gasteiger partial charge in [-0.1, -0.05) is 22.0 Å². The lowest BCUT2D eigenvalue weighted by atomic mass is 10.1. The Balaban J connectivity index is 2.09. The molecule has 1 fully saturated rings. The molecular weight excluding hydrogens is 432 g/mol. The number of rotatable bonds is 5. The van der Waals surface area contributed by atoms with E-state index in [4.69, 9.17) is 4.74 Å². The Kier molecular flexibility index (Phi) is 7.85. The predicted molar refractivity (Wildman–Crippen MR) is 107 cm³/mol. The van der Waals surface area contributed by atoms with Crippen molar-refractivity contribution in [2.45, 2.75) is 57.7 Å². The molecule has 0 saturated carbocycles. The summed E-state index contributed by atoms with van der Waals surface area (Å²) in [6, 6.07) is -1.67. The molecule has 2 amide bonds. The number of halogens is 1. The number of carbonyl (C=O) groups is 3. The quantitative estimate of drug-likeness (QED) is 0.568.